The van der Waals surface area contributed by atoms with Crippen LogP contribution >= 0.6 is 0 Å². The standard InChI is InChI=1S/C29H27N3O3/c30-31-19-24-10-7-22(8-11-24)6-9-23-12-13-25-20-32(15-14-21-4-2-1-3-5-21)29(35)27(18-28(33)34)17-26(25)16-23/h1-5,7-8,10-13,16,19,27H,14-15,17-18,20,30H2,(H,33,34). The zero-order valence-electron chi connectivity index (χ0n) is 19.4. The van der Waals surface area contributed by atoms with Crippen LogP contribution in [0.1, 0.15) is 39.8 Å². The number of rotatable bonds is 6. The molecule has 0 aliphatic carbocycles. The molecule has 0 radical (unpaired) electrons. The van der Waals surface area contributed by atoms with Gasteiger partial charge < -0.3 is 15.8 Å². The molecule has 0 aromatic heterocycles. The van der Waals surface area contributed by atoms with Crippen LogP contribution in [0.4, 0.5) is 0 Å². The summed E-state index contributed by atoms with van der Waals surface area (Å²) < 4.78 is 0. The van der Waals surface area contributed by atoms with E-state index in [0.29, 0.717) is 19.5 Å². The van der Waals surface area contributed by atoms with Gasteiger partial charge in [0.1, 0.15) is 0 Å². The molecule has 3 aromatic rings. The third kappa shape index (κ3) is 6.36. The Hall–Kier alpha value is -4.37. The average molecular weight is 466 g/mol. The van der Waals surface area contributed by atoms with Gasteiger partial charge in [-0.2, -0.15) is 5.10 Å². The van der Waals surface area contributed by atoms with Gasteiger partial charge in [-0.1, -0.05) is 60.4 Å². The lowest BCUT2D eigenvalue weighted by Crippen LogP contribution is -2.37. The minimum atomic E-state index is -0.964. The highest BCUT2D eigenvalue weighted by molar-refractivity contribution is 5.84. The molecule has 3 N–H and O–H groups in total. The molecule has 0 bridgehead atoms. The second-order valence-electron chi connectivity index (χ2n) is 8.63. The van der Waals surface area contributed by atoms with E-state index in [1.165, 1.54) is 0 Å². The summed E-state index contributed by atoms with van der Waals surface area (Å²) in [5.41, 5.74) is 5.75. The number of hydrazone groups is 1. The van der Waals surface area contributed by atoms with E-state index in [1.54, 1.807) is 11.1 Å². The first kappa shape index (κ1) is 23.8. The second kappa shape index (κ2) is 11.2. The SMILES string of the molecule is NN=Cc1ccc(C#Cc2ccc3c(c2)CC(CC(=O)O)C(=O)N(CCc2ccccc2)C3)cc1. The Kier molecular flexibility index (Phi) is 7.59. The largest absolute Gasteiger partial charge is 0.481 e. The van der Waals surface area contributed by atoms with Crippen molar-refractivity contribution in [2.45, 2.75) is 25.8 Å². The van der Waals surface area contributed by atoms with Gasteiger partial charge in [0.05, 0.1) is 18.6 Å². The van der Waals surface area contributed by atoms with E-state index in [4.69, 9.17) is 5.84 Å². The zero-order chi connectivity index (χ0) is 24.6. The molecule has 1 amide bonds. The molecule has 35 heavy (non-hydrogen) atoms. The molecule has 1 atom stereocenters. The Morgan fingerprint density at radius 3 is 2.46 bits per heavy atom. The summed E-state index contributed by atoms with van der Waals surface area (Å²) in [4.78, 5) is 26.6. The van der Waals surface area contributed by atoms with Crippen molar-refractivity contribution in [2.24, 2.45) is 16.9 Å². The molecular formula is C29H27N3O3. The van der Waals surface area contributed by atoms with E-state index in [9.17, 15) is 14.7 Å². The quantitative estimate of drug-likeness (QED) is 0.252. The van der Waals surface area contributed by atoms with Crippen molar-refractivity contribution in [1.29, 1.82) is 0 Å². The molecule has 176 valence electrons. The lowest BCUT2D eigenvalue weighted by Gasteiger charge is -2.24. The maximum atomic E-state index is 13.3. The fourth-order valence-electron chi connectivity index (χ4n) is 4.29. The molecule has 0 saturated carbocycles. The number of fused-ring (bicyclic) bond motifs is 1. The van der Waals surface area contributed by atoms with Crippen LogP contribution in [0.15, 0.2) is 77.9 Å². The second-order valence-corrected chi connectivity index (χ2v) is 8.63. The van der Waals surface area contributed by atoms with Gasteiger partial charge in [0.25, 0.3) is 0 Å². The number of aliphatic carboxylic acids is 1. The van der Waals surface area contributed by atoms with Crippen LogP contribution in [0.3, 0.4) is 0 Å². The molecule has 6 heteroatoms. The maximum absolute atomic E-state index is 13.3. The first-order valence-electron chi connectivity index (χ1n) is 11.5. The summed E-state index contributed by atoms with van der Waals surface area (Å²) >= 11 is 0. The number of nitrogens with two attached hydrogens (primary N) is 1. The predicted molar refractivity (Wildman–Crippen MR) is 136 cm³/mol. The number of hydrogen-bond acceptors (Lipinski definition) is 4. The minimum Gasteiger partial charge on any atom is -0.481 e. The Morgan fingerprint density at radius 2 is 1.74 bits per heavy atom. The molecule has 6 nitrogen and oxygen atoms in total. The smallest absolute Gasteiger partial charge is 0.304 e. The molecule has 1 aliphatic heterocycles. The Balaban J connectivity index is 1.56. The summed E-state index contributed by atoms with van der Waals surface area (Å²) in [6.45, 7) is 1.01. The number of carbonyl (C=O) groups excluding carboxylic acids is 1. The van der Waals surface area contributed by atoms with Crippen LogP contribution in [0, 0.1) is 17.8 Å². The van der Waals surface area contributed by atoms with Crippen molar-refractivity contribution < 1.29 is 14.7 Å². The van der Waals surface area contributed by atoms with Crippen LogP contribution in [0.2, 0.25) is 0 Å². The van der Waals surface area contributed by atoms with Gasteiger partial charge in [0.15, 0.2) is 0 Å². The van der Waals surface area contributed by atoms with Gasteiger partial charge in [-0.3, -0.25) is 9.59 Å². The van der Waals surface area contributed by atoms with Crippen LogP contribution in [0.25, 0.3) is 0 Å². The zero-order valence-corrected chi connectivity index (χ0v) is 19.4. The maximum Gasteiger partial charge on any atom is 0.304 e. The fraction of sp³-hybridized carbons (Fsp3) is 0.207. The van der Waals surface area contributed by atoms with E-state index in [0.717, 1.165) is 39.8 Å². The number of nitrogens with zero attached hydrogens (tertiary/aromatic N) is 2. The van der Waals surface area contributed by atoms with Gasteiger partial charge in [-0.25, -0.2) is 0 Å². The summed E-state index contributed by atoms with van der Waals surface area (Å²) in [6, 6.07) is 23.5. The molecular weight excluding hydrogens is 438 g/mol. The monoisotopic (exact) mass is 465 g/mol. The first-order valence-corrected chi connectivity index (χ1v) is 11.5. The highest BCUT2D eigenvalue weighted by Gasteiger charge is 2.31. The van der Waals surface area contributed by atoms with Crippen LogP contribution in [-0.4, -0.2) is 34.6 Å². The average Bonchev–Trinajstić information content (AvgIpc) is 2.99. The van der Waals surface area contributed by atoms with Crippen molar-refractivity contribution in [1.82, 2.24) is 4.90 Å². The number of carbonyl (C=O) groups is 2. The van der Waals surface area contributed by atoms with E-state index < -0.39 is 11.9 Å². The summed E-state index contributed by atoms with van der Waals surface area (Å²) in [6.07, 6.45) is 2.50. The highest BCUT2D eigenvalue weighted by Crippen LogP contribution is 2.26. The van der Waals surface area contributed by atoms with E-state index in [-0.39, 0.29) is 12.3 Å². The number of hydrogen-bond donors (Lipinski definition) is 2. The molecule has 1 unspecified atom stereocenters. The molecule has 0 fully saturated rings. The third-order valence-corrected chi connectivity index (χ3v) is 6.11. The first-order chi connectivity index (χ1) is 17.0. The highest BCUT2D eigenvalue weighted by atomic mass is 16.4. The van der Waals surface area contributed by atoms with Gasteiger partial charge in [-0.05, 0) is 59.4 Å². The van der Waals surface area contributed by atoms with E-state index in [1.807, 2.05) is 72.8 Å². The Labute approximate surface area is 205 Å². The van der Waals surface area contributed by atoms with Crippen LogP contribution in [0.5, 0.6) is 0 Å². The fourth-order valence-corrected chi connectivity index (χ4v) is 4.29. The summed E-state index contributed by atoms with van der Waals surface area (Å²) in [5.74, 6) is 9.86. The Bertz CT molecular complexity index is 1290. The van der Waals surface area contributed by atoms with Crippen molar-refractivity contribution in [3.05, 3.63) is 106 Å². The Morgan fingerprint density at radius 1 is 1.03 bits per heavy atom. The number of amides is 1. The minimum absolute atomic E-state index is 0.103. The van der Waals surface area contributed by atoms with Crippen LogP contribution in [-0.2, 0) is 29.0 Å². The van der Waals surface area contributed by atoms with Gasteiger partial charge in [-0.15, -0.1) is 0 Å². The van der Waals surface area contributed by atoms with Crippen molar-refractivity contribution in [3.8, 4) is 11.8 Å². The van der Waals surface area contributed by atoms with Crippen LogP contribution < -0.4 is 5.84 Å². The molecule has 0 saturated heterocycles. The molecule has 4 rings (SSSR count). The summed E-state index contributed by atoms with van der Waals surface area (Å²) in [7, 11) is 0. The van der Waals surface area contributed by atoms with E-state index >= 15 is 0 Å². The van der Waals surface area contributed by atoms with Crippen molar-refractivity contribution in [2.75, 3.05) is 6.54 Å². The molecule has 3 aromatic carbocycles. The number of benzene rings is 3. The van der Waals surface area contributed by atoms with E-state index in [2.05, 4.69) is 16.9 Å². The topological polar surface area (TPSA) is 96.0 Å². The lowest BCUT2D eigenvalue weighted by atomic mass is 9.93. The molecule has 1 aliphatic rings. The number of carboxylic acids is 1. The van der Waals surface area contributed by atoms with Crippen molar-refractivity contribution in [3.63, 3.8) is 0 Å². The van der Waals surface area contributed by atoms with Gasteiger partial charge >= 0.3 is 5.97 Å². The van der Waals surface area contributed by atoms with Gasteiger partial charge in [0.2, 0.25) is 5.91 Å². The van der Waals surface area contributed by atoms with Crippen molar-refractivity contribution >= 4 is 18.1 Å². The lowest BCUT2D eigenvalue weighted by molar-refractivity contribution is -0.144. The van der Waals surface area contributed by atoms with Gasteiger partial charge in [0, 0.05) is 24.2 Å². The normalized spacial score (nSPS) is 15.3. The predicted octanol–water partition coefficient (Wildman–Crippen LogP) is 3.60. The summed E-state index contributed by atoms with van der Waals surface area (Å²) in [5, 5.41) is 12.9. The molecule has 0 spiro atoms. The molecule has 1 heterocycles. The number of carboxylic acid groups (broad SMARTS) is 1. The third-order valence-electron chi connectivity index (χ3n) is 6.11.